The number of rotatable bonds is 6. The second-order valence-corrected chi connectivity index (χ2v) is 13.1. The molecule has 5 rings (SSSR count). The van der Waals surface area contributed by atoms with Crippen molar-refractivity contribution < 1.29 is 18.0 Å². The van der Waals surface area contributed by atoms with Gasteiger partial charge in [-0.1, -0.05) is 25.0 Å². The van der Waals surface area contributed by atoms with E-state index < -0.39 is 21.8 Å². The van der Waals surface area contributed by atoms with Crippen LogP contribution < -0.4 is 14.9 Å². The first-order chi connectivity index (χ1) is 17.4. The molecule has 1 aromatic heterocycles. The number of hydrogen-bond acceptors (Lipinski definition) is 6. The van der Waals surface area contributed by atoms with Gasteiger partial charge in [0, 0.05) is 24.8 Å². The molecule has 1 saturated heterocycles. The number of piperidine rings is 1. The summed E-state index contributed by atoms with van der Waals surface area (Å²) < 4.78 is 28.0. The van der Waals surface area contributed by atoms with E-state index in [0.717, 1.165) is 50.4 Å². The Bertz CT molecular complexity index is 1180. The number of likely N-dealkylation sites (tertiary alicyclic amines) is 1. The van der Waals surface area contributed by atoms with E-state index in [1.54, 1.807) is 29.6 Å². The molecule has 0 unspecified atom stereocenters. The highest BCUT2D eigenvalue weighted by molar-refractivity contribution is 7.94. The molecular formula is C26H34N4O4S2. The number of fused-ring (bicyclic) bond motifs is 1. The Morgan fingerprint density at radius 1 is 0.972 bits per heavy atom. The molecule has 0 atom stereocenters. The van der Waals surface area contributed by atoms with Crippen molar-refractivity contribution >= 4 is 44.5 Å². The van der Waals surface area contributed by atoms with Crippen LogP contribution in [0.2, 0.25) is 0 Å². The van der Waals surface area contributed by atoms with Crippen LogP contribution in [0.3, 0.4) is 0 Å². The van der Waals surface area contributed by atoms with Gasteiger partial charge in [0.15, 0.2) is 0 Å². The third-order valence-corrected chi connectivity index (χ3v) is 10.9. The summed E-state index contributed by atoms with van der Waals surface area (Å²) in [7, 11) is -3.67. The summed E-state index contributed by atoms with van der Waals surface area (Å²) in [4.78, 5) is 27.7. The maximum atomic E-state index is 13.2. The van der Waals surface area contributed by atoms with Crippen molar-refractivity contribution in [1.82, 2.24) is 10.2 Å². The Balaban J connectivity index is 1.17. The van der Waals surface area contributed by atoms with Gasteiger partial charge in [0.2, 0.25) is 0 Å². The fourth-order valence-corrected chi connectivity index (χ4v) is 8.32. The first-order valence-electron chi connectivity index (χ1n) is 12.9. The summed E-state index contributed by atoms with van der Waals surface area (Å²) in [5.74, 6) is -1.00. The van der Waals surface area contributed by atoms with E-state index in [9.17, 15) is 18.0 Å². The predicted octanol–water partition coefficient (Wildman–Crippen LogP) is 3.60. The number of benzene rings is 1. The van der Waals surface area contributed by atoms with Gasteiger partial charge in [-0.05, 0) is 86.7 Å². The van der Waals surface area contributed by atoms with E-state index in [4.69, 9.17) is 0 Å². The zero-order valence-electron chi connectivity index (χ0n) is 20.4. The van der Waals surface area contributed by atoms with E-state index in [2.05, 4.69) is 15.5 Å². The van der Waals surface area contributed by atoms with Gasteiger partial charge in [-0.3, -0.25) is 13.9 Å². The molecular weight excluding hydrogens is 496 g/mol. The molecule has 8 nitrogen and oxygen atoms in total. The SMILES string of the molecule is O=C(NCC1CCN(C2CCCC2)CC1)C(=O)Nc1ccc2c(c1)N(S(=O)(=O)c1cccs1)CCC2. The van der Waals surface area contributed by atoms with E-state index in [-0.39, 0.29) is 0 Å². The summed E-state index contributed by atoms with van der Waals surface area (Å²) in [5.41, 5.74) is 1.88. The molecule has 0 bridgehead atoms. The molecule has 194 valence electrons. The third kappa shape index (κ3) is 5.45. The number of sulfonamides is 1. The van der Waals surface area contributed by atoms with Gasteiger partial charge in [0.05, 0.1) is 5.69 Å². The average molecular weight is 531 g/mol. The van der Waals surface area contributed by atoms with Crippen LogP contribution in [0.4, 0.5) is 11.4 Å². The summed E-state index contributed by atoms with van der Waals surface area (Å²) in [6, 6.07) is 9.27. The fraction of sp³-hybridized carbons (Fsp3) is 0.538. The van der Waals surface area contributed by atoms with Crippen LogP contribution in [-0.4, -0.2) is 57.4 Å². The smallest absolute Gasteiger partial charge is 0.313 e. The molecule has 0 spiro atoms. The van der Waals surface area contributed by atoms with Gasteiger partial charge in [0.25, 0.3) is 10.0 Å². The number of nitrogens with one attached hydrogen (secondary N) is 2. The highest BCUT2D eigenvalue weighted by Crippen LogP contribution is 2.35. The topological polar surface area (TPSA) is 98.8 Å². The molecule has 2 N–H and O–H groups in total. The van der Waals surface area contributed by atoms with Gasteiger partial charge in [-0.25, -0.2) is 8.42 Å². The molecule has 1 aromatic carbocycles. The molecule has 2 fully saturated rings. The number of carbonyl (C=O) groups excluding carboxylic acids is 2. The van der Waals surface area contributed by atoms with E-state index >= 15 is 0 Å². The minimum Gasteiger partial charge on any atom is -0.348 e. The van der Waals surface area contributed by atoms with E-state index in [1.807, 2.05) is 6.07 Å². The Kier molecular flexibility index (Phi) is 7.64. The Labute approximate surface area is 217 Å². The fourth-order valence-electron chi connectivity index (χ4n) is 5.68. The van der Waals surface area contributed by atoms with Crippen molar-refractivity contribution in [2.24, 2.45) is 5.92 Å². The second-order valence-electron chi connectivity index (χ2n) is 10.0. The summed E-state index contributed by atoms with van der Waals surface area (Å²) >= 11 is 1.19. The summed E-state index contributed by atoms with van der Waals surface area (Å²) in [6.07, 6.45) is 8.86. The van der Waals surface area contributed by atoms with Crippen molar-refractivity contribution in [2.45, 2.75) is 61.6 Å². The zero-order valence-corrected chi connectivity index (χ0v) is 22.1. The van der Waals surface area contributed by atoms with Crippen LogP contribution in [0, 0.1) is 5.92 Å². The third-order valence-electron chi connectivity index (χ3n) is 7.71. The molecule has 1 saturated carbocycles. The predicted molar refractivity (Wildman–Crippen MR) is 142 cm³/mol. The van der Waals surface area contributed by atoms with Crippen molar-refractivity contribution in [1.29, 1.82) is 0 Å². The normalized spacial score (nSPS) is 19.7. The number of amides is 2. The maximum Gasteiger partial charge on any atom is 0.313 e. The van der Waals surface area contributed by atoms with Crippen LogP contribution in [-0.2, 0) is 26.0 Å². The van der Waals surface area contributed by atoms with Gasteiger partial charge < -0.3 is 15.5 Å². The molecule has 3 aliphatic rings. The number of aryl methyl sites for hydroxylation is 1. The van der Waals surface area contributed by atoms with E-state index in [1.165, 1.54) is 41.3 Å². The molecule has 10 heteroatoms. The summed E-state index contributed by atoms with van der Waals surface area (Å²) in [5, 5.41) is 7.19. The first kappa shape index (κ1) is 25.2. The zero-order chi connectivity index (χ0) is 25.1. The minimum absolute atomic E-state index is 0.290. The van der Waals surface area contributed by atoms with Gasteiger partial charge in [-0.2, -0.15) is 0 Å². The lowest BCUT2D eigenvalue weighted by molar-refractivity contribution is -0.136. The van der Waals surface area contributed by atoms with Gasteiger partial charge in [0.1, 0.15) is 4.21 Å². The number of thiophene rings is 1. The van der Waals surface area contributed by atoms with E-state index in [0.29, 0.717) is 34.6 Å². The molecule has 0 radical (unpaired) electrons. The maximum absolute atomic E-state index is 13.2. The monoisotopic (exact) mass is 530 g/mol. The van der Waals surface area contributed by atoms with Crippen LogP contribution >= 0.6 is 11.3 Å². The highest BCUT2D eigenvalue weighted by Gasteiger charge is 2.31. The number of anilines is 2. The van der Waals surface area contributed by atoms with Crippen molar-refractivity contribution in [3.05, 3.63) is 41.3 Å². The van der Waals surface area contributed by atoms with Gasteiger partial charge >= 0.3 is 11.8 Å². The Morgan fingerprint density at radius 3 is 2.47 bits per heavy atom. The summed E-state index contributed by atoms with van der Waals surface area (Å²) in [6.45, 7) is 3.02. The standard InChI is InChI=1S/C26H34N4O4S2/c31-25(27-18-19-11-14-29(15-12-19)22-6-1-2-7-22)26(32)28-21-10-9-20-5-3-13-30(23(20)17-21)36(33,34)24-8-4-16-35-24/h4,8-10,16-17,19,22H,1-3,5-7,11-15,18H2,(H,27,31)(H,28,32). The lowest BCUT2D eigenvalue weighted by Gasteiger charge is -2.36. The lowest BCUT2D eigenvalue weighted by Crippen LogP contribution is -2.44. The Hall–Kier alpha value is -2.43. The molecule has 2 amide bonds. The first-order valence-corrected chi connectivity index (χ1v) is 15.3. The van der Waals surface area contributed by atoms with Crippen LogP contribution in [0.15, 0.2) is 39.9 Å². The van der Waals surface area contributed by atoms with Gasteiger partial charge in [-0.15, -0.1) is 11.3 Å². The number of carbonyl (C=O) groups is 2. The largest absolute Gasteiger partial charge is 0.348 e. The quantitative estimate of drug-likeness (QED) is 0.556. The molecule has 36 heavy (non-hydrogen) atoms. The van der Waals surface area contributed by atoms with Crippen molar-refractivity contribution in [2.75, 3.05) is 35.8 Å². The Morgan fingerprint density at radius 2 is 1.75 bits per heavy atom. The molecule has 1 aliphatic carbocycles. The van der Waals surface area contributed by atoms with Crippen LogP contribution in [0.1, 0.15) is 50.5 Å². The number of hydrogen-bond donors (Lipinski definition) is 2. The average Bonchev–Trinajstić information content (AvgIpc) is 3.62. The van der Waals surface area contributed by atoms with Crippen molar-refractivity contribution in [3.63, 3.8) is 0 Å². The second kappa shape index (κ2) is 10.9. The lowest BCUT2D eigenvalue weighted by atomic mass is 9.95. The molecule has 2 aliphatic heterocycles. The molecule has 3 heterocycles. The number of nitrogens with zero attached hydrogens (tertiary/aromatic N) is 2. The minimum atomic E-state index is -3.67. The van der Waals surface area contributed by atoms with Crippen LogP contribution in [0.25, 0.3) is 0 Å². The highest BCUT2D eigenvalue weighted by atomic mass is 32.2. The molecule has 2 aromatic rings. The van der Waals surface area contributed by atoms with Crippen LogP contribution in [0.5, 0.6) is 0 Å². The van der Waals surface area contributed by atoms with Crippen molar-refractivity contribution in [3.8, 4) is 0 Å².